The summed E-state index contributed by atoms with van der Waals surface area (Å²) in [5.41, 5.74) is 1.45. The van der Waals surface area contributed by atoms with Gasteiger partial charge in [-0.25, -0.2) is 4.98 Å². The van der Waals surface area contributed by atoms with Gasteiger partial charge in [0.25, 0.3) is 0 Å². The Balaban J connectivity index is 2.40. The zero-order valence-corrected chi connectivity index (χ0v) is 12.2. The number of carbonyl (C=O) groups excluding carboxylic acids is 1. The van der Waals surface area contributed by atoms with Crippen LogP contribution in [-0.4, -0.2) is 40.6 Å². The molecule has 0 aliphatic heterocycles. The van der Waals surface area contributed by atoms with E-state index in [0.29, 0.717) is 30.4 Å². The second-order valence-electron chi connectivity index (χ2n) is 4.14. The predicted molar refractivity (Wildman–Crippen MR) is 75.1 cm³/mol. The molecular formula is C13H16ClN3O3. The number of aromatic nitrogens is 3. The molecule has 0 amide bonds. The maximum absolute atomic E-state index is 11.3. The first-order chi connectivity index (χ1) is 9.69. The zero-order chi connectivity index (χ0) is 14.5. The van der Waals surface area contributed by atoms with Gasteiger partial charge < -0.3 is 14.0 Å². The topological polar surface area (TPSA) is 66.2 Å². The van der Waals surface area contributed by atoms with Crippen LogP contribution in [0.4, 0.5) is 0 Å². The summed E-state index contributed by atoms with van der Waals surface area (Å²) in [6.07, 6.45) is 0.873. The number of ether oxygens (including phenoxy) is 2. The van der Waals surface area contributed by atoms with Gasteiger partial charge in [-0.15, -0.1) is 11.6 Å². The first-order valence-electron chi connectivity index (χ1n) is 6.22. The van der Waals surface area contributed by atoms with Gasteiger partial charge >= 0.3 is 5.97 Å². The first-order valence-corrected chi connectivity index (χ1v) is 6.76. The van der Waals surface area contributed by atoms with E-state index in [2.05, 4.69) is 14.7 Å². The number of imidazole rings is 1. The highest BCUT2D eigenvalue weighted by atomic mass is 35.5. The number of rotatable bonds is 6. The molecule has 0 aliphatic rings. The van der Waals surface area contributed by atoms with Gasteiger partial charge in [-0.1, -0.05) is 0 Å². The number of nitrogens with zero attached hydrogens (tertiary/aromatic N) is 3. The molecule has 2 aromatic rings. The summed E-state index contributed by atoms with van der Waals surface area (Å²) >= 11 is 5.79. The van der Waals surface area contributed by atoms with Crippen LogP contribution >= 0.6 is 11.6 Å². The number of alkyl halides is 1. The highest BCUT2D eigenvalue weighted by molar-refractivity contribution is 6.17. The van der Waals surface area contributed by atoms with Gasteiger partial charge in [-0.3, -0.25) is 4.79 Å². The molecule has 0 saturated carbocycles. The summed E-state index contributed by atoms with van der Waals surface area (Å²) in [5, 5.41) is 0. The second-order valence-corrected chi connectivity index (χ2v) is 4.52. The minimum absolute atomic E-state index is 0.260. The molecule has 20 heavy (non-hydrogen) atoms. The predicted octanol–water partition coefficient (Wildman–Crippen LogP) is 1.78. The van der Waals surface area contributed by atoms with Crippen LogP contribution in [0.15, 0.2) is 12.1 Å². The fourth-order valence-electron chi connectivity index (χ4n) is 1.96. The Morgan fingerprint density at radius 2 is 2.15 bits per heavy atom. The number of hydrogen-bond donors (Lipinski definition) is 0. The molecule has 0 aromatic carbocycles. The van der Waals surface area contributed by atoms with Crippen molar-refractivity contribution in [1.82, 2.24) is 14.5 Å². The van der Waals surface area contributed by atoms with E-state index in [1.165, 1.54) is 7.11 Å². The normalized spacial score (nSPS) is 10.8. The molecule has 0 spiro atoms. The summed E-state index contributed by atoms with van der Waals surface area (Å²) in [7, 11) is 2.93. The van der Waals surface area contributed by atoms with Crippen molar-refractivity contribution < 1.29 is 14.3 Å². The molecule has 0 atom stereocenters. The smallest absolute Gasteiger partial charge is 0.307 e. The number of carbonyl (C=O) groups is 1. The second kappa shape index (κ2) is 6.56. The number of aryl methyl sites for hydroxylation is 2. The molecule has 0 fully saturated rings. The summed E-state index contributed by atoms with van der Waals surface area (Å²) in [5.74, 6) is 1.50. The molecular weight excluding hydrogens is 282 g/mol. The van der Waals surface area contributed by atoms with Crippen molar-refractivity contribution in [2.75, 3.05) is 20.1 Å². The van der Waals surface area contributed by atoms with Gasteiger partial charge in [0.2, 0.25) is 5.88 Å². The Hall–Kier alpha value is -1.82. The molecule has 0 N–H and O–H groups in total. The van der Waals surface area contributed by atoms with Crippen molar-refractivity contribution in [1.29, 1.82) is 0 Å². The van der Waals surface area contributed by atoms with Crippen LogP contribution in [0.1, 0.15) is 12.2 Å². The van der Waals surface area contributed by atoms with Crippen LogP contribution in [0.5, 0.6) is 5.88 Å². The third kappa shape index (κ3) is 3.01. The lowest BCUT2D eigenvalue weighted by Crippen LogP contribution is -2.10. The summed E-state index contributed by atoms with van der Waals surface area (Å²) in [6.45, 7) is 0.454. The van der Waals surface area contributed by atoms with E-state index in [-0.39, 0.29) is 12.4 Å². The third-order valence-corrected chi connectivity index (χ3v) is 3.13. The average Bonchev–Trinajstić information content (AvgIpc) is 2.81. The Labute approximate surface area is 121 Å². The molecule has 6 nitrogen and oxygen atoms in total. The fraction of sp³-hybridized carbons (Fsp3) is 0.462. The molecule has 2 rings (SSSR count). The Morgan fingerprint density at radius 1 is 1.35 bits per heavy atom. The molecule has 7 heteroatoms. The zero-order valence-electron chi connectivity index (χ0n) is 11.4. The van der Waals surface area contributed by atoms with Gasteiger partial charge in [0.15, 0.2) is 5.65 Å². The van der Waals surface area contributed by atoms with Gasteiger partial charge in [-0.05, 0) is 6.07 Å². The Kier molecular flexibility index (Phi) is 4.79. The van der Waals surface area contributed by atoms with Gasteiger partial charge in [0.1, 0.15) is 11.3 Å². The van der Waals surface area contributed by atoms with Gasteiger partial charge in [-0.2, -0.15) is 4.98 Å². The monoisotopic (exact) mass is 297 g/mol. The number of esters is 1. The third-order valence-electron chi connectivity index (χ3n) is 2.94. The Bertz CT molecular complexity index is 612. The maximum atomic E-state index is 11.3. The lowest BCUT2D eigenvalue weighted by atomic mass is 10.4. The minimum Gasteiger partial charge on any atom is -0.481 e. The molecule has 2 heterocycles. The van der Waals surface area contributed by atoms with Crippen molar-refractivity contribution in [3.8, 4) is 5.88 Å². The van der Waals surface area contributed by atoms with Crippen LogP contribution in [-0.2, 0) is 22.5 Å². The number of halogens is 1. The molecule has 108 valence electrons. The molecule has 2 aromatic heterocycles. The molecule has 0 unspecified atom stereocenters. The van der Waals surface area contributed by atoms with Crippen LogP contribution in [0, 0.1) is 0 Å². The van der Waals surface area contributed by atoms with E-state index in [0.717, 1.165) is 11.3 Å². The van der Waals surface area contributed by atoms with Crippen LogP contribution < -0.4 is 4.74 Å². The summed E-state index contributed by atoms with van der Waals surface area (Å²) in [6, 6.07) is 3.60. The van der Waals surface area contributed by atoms with Gasteiger partial charge in [0.05, 0.1) is 20.6 Å². The van der Waals surface area contributed by atoms with Crippen molar-refractivity contribution in [3.63, 3.8) is 0 Å². The minimum atomic E-state index is -0.272. The number of methoxy groups -OCH3 is 2. The van der Waals surface area contributed by atoms with Crippen molar-refractivity contribution in [2.24, 2.45) is 0 Å². The largest absolute Gasteiger partial charge is 0.481 e. The van der Waals surface area contributed by atoms with Crippen molar-refractivity contribution in [2.45, 2.75) is 19.4 Å². The van der Waals surface area contributed by atoms with Gasteiger partial charge in [0, 0.05) is 24.9 Å². The van der Waals surface area contributed by atoms with E-state index in [4.69, 9.17) is 16.3 Å². The summed E-state index contributed by atoms with van der Waals surface area (Å²) in [4.78, 5) is 20.2. The van der Waals surface area contributed by atoms with E-state index in [1.807, 2.05) is 10.6 Å². The maximum Gasteiger partial charge on any atom is 0.307 e. The molecule has 0 saturated heterocycles. The van der Waals surface area contributed by atoms with Crippen LogP contribution in [0.25, 0.3) is 11.2 Å². The quantitative estimate of drug-likeness (QED) is 0.601. The Morgan fingerprint density at radius 3 is 2.80 bits per heavy atom. The molecule has 0 radical (unpaired) electrons. The lowest BCUT2D eigenvalue weighted by Gasteiger charge is -2.07. The molecule has 0 bridgehead atoms. The van der Waals surface area contributed by atoms with E-state index >= 15 is 0 Å². The average molecular weight is 298 g/mol. The fourth-order valence-corrected chi connectivity index (χ4v) is 2.13. The van der Waals surface area contributed by atoms with Crippen molar-refractivity contribution in [3.05, 3.63) is 18.0 Å². The SMILES string of the molecule is COC(=O)CCn1c(CCCl)nc2ccc(OC)nc21. The van der Waals surface area contributed by atoms with Crippen LogP contribution in [0.2, 0.25) is 0 Å². The number of hydrogen-bond acceptors (Lipinski definition) is 5. The summed E-state index contributed by atoms with van der Waals surface area (Å²) < 4.78 is 11.7. The van der Waals surface area contributed by atoms with Crippen LogP contribution in [0.3, 0.4) is 0 Å². The first kappa shape index (κ1) is 14.6. The molecule has 0 aliphatic carbocycles. The number of pyridine rings is 1. The number of fused-ring (bicyclic) bond motifs is 1. The highest BCUT2D eigenvalue weighted by Crippen LogP contribution is 2.19. The highest BCUT2D eigenvalue weighted by Gasteiger charge is 2.14. The standard InChI is InChI=1S/C13H16ClN3O3/c1-19-11-4-3-9-13(16-11)17(8-6-12(18)20-2)10(15-9)5-7-14/h3-4H,5-8H2,1-2H3. The van der Waals surface area contributed by atoms with Crippen molar-refractivity contribution >= 4 is 28.7 Å². The van der Waals surface area contributed by atoms with E-state index in [1.54, 1.807) is 13.2 Å². The van der Waals surface area contributed by atoms with E-state index in [9.17, 15) is 4.79 Å². The van der Waals surface area contributed by atoms with E-state index < -0.39 is 0 Å². The lowest BCUT2D eigenvalue weighted by molar-refractivity contribution is -0.140.